The predicted molar refractivity (Wildman–Crippen MR) is 130 cm³/mol. The zero-order valence-corrected chi connectivity index (χ0v) is 18.9. The van der Waals surface area contributed by atoms with Crippen LogP contribution in [0.4, 0.5) is 5.69 Å². The number of benzene rings is 2. The van der Waals surface area contributed by atoms with E-state index in [0.717, 1.165) is 33.6 Å². The van der Waals surface area contributed by atoms with Crippen molar-refractivity contribution >= 4 is 28.4 Å². The van der Waals surface area contributed by atoms with E-state index >= 15 is 0 Å². The van der Waals surface area contributed by atoms with Crippen LogP contribution in [-0.2, 0) is 4.79 Å². The van der Waals surface area contributed by atoms with Gasteiger partial charge < -0.3 is 9.64 Å². The largest absolute Gasteiger partial charge is 0.497 e. The average Bonchev–Trinajstić information content (AvgIpc) is 2.83. The first-order chi connectivity index (χ1) is 15.6. The number of anilines is 1. The first kappa shape index (κ1) is 20.7. The Bertz CT molecular complexity index is 1160. The fraction of sp³-hybridized carbons (Fsp3) is 0.357. The van der Waals surface area contributed by atoms with Crippen LogP contribution in [0.25, 0.3) is 17.0 Å². The zero-order chi connectivity index (χ0) is 22.1. The number of Topliss-reactive ketones (excluding diaryl/α,β-unsaturated/α-hetero) is 1. The second-order valence-corrected chi connectivity index (χ2v) is 9.05. The summed E-state index contributed by atoms with van der Waals surface area (Å²) >= 11 is 0. The maximum absolute atomic E-state index is 12.5. The van der Waals surface area contributed by atoms with E-state index in [0.29, 0.717) is 12.3 Å². The van der Waals surface area contributed by atoms with Crippen LogP contribution in [-0.4, -0.2) is 17.9 Å². The minimum Gasteiger partial charge on any atom is -0.497 e. The highest BCUT2D eigenvalue weighted by molar-refractivity contribution is 5.85. The predicted octanol–water partition coefficient (Wildman–Crippen LogP) is 6.71. The molecule has 0 bridgehead atoms. The Morgan fingerprint density at radius 2 is 1.81 bits per heavy atom. The van der Waals surface area contributed by atoms with Crippen LogP contribution >= 0.6 is 0 Å². The van der Waals surface area contributed by atoms with Crippen LogP contribution in [0.3, 0.4) is 0 Å². The number of hydrogen-bond donors (Lipinski definition) is 0. The Morgan fingerprint density at radius 1 is 1.06 bits per heavy atom. The van der Waals surface area contributed by atoms with Crippen molar-refractivity contribution < 1.29 is 9.53 Å². The molecule has 1 aliphatic carbocycles. The van der Waals surface area contributed by atoms with Crippen LogP contribution in [0.15, 0.2) is 60.3 Å². The van der Waals surface area contributed by atoms with Crippen LogP contribution in [0.5, 0.6) is 5.75 Å². The van der Waals surface area contributed by atoms with Crippen LogP contribution in [0, 0.1) is 5.92 Å². The topological polar surface area (TPSA) is 42.4 Å². The van der Waals surface area contributed by atoms with Crippen molar-refractivity contribution in [1.29, 1.82) is 0 Å². The number of rotatable bonds is 5. The first-order valence-electron chi connectivity index (χ1n) is 11.7. The number of aromatic nitrogens is 1. The number of pyridine rings is 1. The van der Waals surface area contributed by atoms with Gasteiger partial charge in [0, 0.05) is 28.8 Å². The van der Waals surface area contributed by atoms with Gasteiger partial charge in [-0.3, -0.25) is 4.79 Å². The van der Waals surface area contributed by atoms with Gasteiger partial charge in [0.15, 0.2) is 0 Å². The first-order valence-corrected chi connectivity index (χ1v) is 11.7. The Kier molecular flexibility index (Phi) is 5.69. The molecule has 1 atom stereocenters. The van der Waals surface area contributed by atoms with E-state index < -0.39 is 0 Å². The second kappa shape index (κ2) is 8.78. The number of fused-ring (bicyclic) bond motifs is 2. The van der Waals surface area contributed by atoms with Crippen molar-refractivity contribution in [1.82, 2.24) is 4.98 Å². The van der Waals surface area contributed by atoms with Gasteiger partial charge in [-0.05, 0) is 68.2 Å². The van der Waals surface area contributed by atoms with Gasteiger partial charge in [0.2, 0.25) is 0 Å². The van der Waals surface area contributed by atoms with E-state index in [1.165, 1.54) is 37.8 Å². The van der Waals surface area contributed by atoms with Crippen molar-refractivity contribution in [2.24, 2.45) is 5.92 Å². The number of carbonyl (C=O) groups excluding carboxylic acids is 1. The maximum atomic E-state index is 12.5. The third kappa shape index (κ3) is 3.90. The molecular formula is C28H30N2O2. The van der Waals surface area contributed by atoms with E-state index in [1.54, 1.807) is 14.0 Å². The van der Waals surface area contributed by atoms with Gasteiger partial charge in [0.25, 0.3) is 0 Å². The summed E-state index contributed by atoms with van der Waals surface area (Å²) in [4.78, 5) is 19.9. The second-order valence-electron chi connectivity index (χ2n) is 9.05. The summed E-state index contributed by atoms with van der Waals surface area (Å²) in [6.45, 7) is 1.69. The molecule has 2 aromatic carbocycles. The highest BCUT2D eigenvalue weighted by Crippen LogP contribution is 2.45. The number of hydrogen-bond acceptors (Lipinski definition) is 4. The number of methoxy groups -OCH3 is 1. The van der Waals surface area contributed by atoms with E-state index in [4.69, 9.17) is 9.72 Å². The molecule has 0 amide bonds. The minimum absolute atomic E-state index is 0.0603. The van der Waals surface area contributed by atoms with Crippen molar-refractivity contribution in [3.05, 3.63) is 71.6 Å². The van der Waals surface area contributed by atoms with E-state index in [2.05, 4.69) is 41.3 Å². The quantitative estimate of drug-likeness (QED) is 0.455. The molecule has 0 spiro atoms. The lowest BCUT2D eigenvalue weighted by Gasteiger charge is -2.43. The summed E-state index contributed by atoms with van der Waals surface area (Å²) in [5.41, 5.74) is 5.56. The molecule has 5 rings (SSSR count). The highest BCUT2D eigenvalue weighted by atomic mass is 16.5. The fourth-order valence-corrected chi connectivity index (χ4v) is 5.32. The summed E-state index contributed by atoms with van der Waals surface area (Å²) in [5, 5.41) is 1.11. The lowest BCUT2D eigenvalue weighted by atomic mass is 9.82. The number of para-hydroxylation sites is 1. The van der Waals surface area contributed by atoms with Crippen LogP contribution in [0.1, 0.15) is 62.7 Å². The number of allylic oxidation sites excluding steroid dienone is 1. The molecule has 164 valence electrons. The lowest BCUT2D eigenvalue weighted by molar-refractivity contribution is -0.117. The third-order valence-corrected chi connectivity index (χ3v) is 6.87. The number of carbonyl (C=O) groups is 1. The number of ketones is 1. The standard InChI is InChI=1S/C28H30N2O2/c1-19(31)16-28-24-17-21-10-6-7-11-25(21)29-26(24)18-27(20-8-4-3-5-9-20)30(28)22-12-14-23(32-2)15-13-22/h6-7,10-15,17-18,20,28H,3-5,8-9,16H2,1-2H3. The summed E-state index contributed by atoms with van der Waals surface area (Å²) in [5.74, 6) is 1.52. The highest BCUT2D eigenvalue weighted by Gasteiger charge is 2.35. The lowest BCUT2D eigenvalue weighted by Crippen LogP contribution is -2.36. The average molecular weight is 427 g/mol. The van der Waals surface area contributed by atoms with Crippen molar-refractivity contribution in [3.8, 4) is 5.75 Å². The zero-order valence-electron chi connectivity index (χ0n) is 18.9. The SMILES string of the molecule is COc1ccc(N2C(C3CCCCC3)=Cc3nc4ccccc4cc3C2CC(C)=O)cc1. The molecule has 2 aliphatic rings. The van der Waals surface area contributed by atoms with Crippen molar-refractivity contribution in [2.75, 3.05) is 12.0 Å². The van der Waals surface area contributed by atoms with Gasteiger partial charge in [-0.1, -0.05) is 37.5 Å². The maximum Gasteiger partial charge on any atom is 0.132 e. The molecule has 4 heteroatoms. The Labute approximate surface area is 189 Å². The Balaban J connectivity index is 1.70. The molecule has 0 N–H and O–H groups in total. The fourth-order valence-electron chi connectivity index (χ4n) is 5.32. The molecule has 3 aromatic rings. The van der Waals surface area contributed by atoms with Crippen molar-refractivity contribution in [2.45, 2.75) is 51.5 Å². The van der Waals surface area contributed by atoms with Gasteiger partial charge in [-0.2, -0.15) is 0 Å². The molecule has 1 unspecified atom stereocenters. The molecular weight excluding hydrogens is 396 g/mol. The summed E-state index contributed by atoms with van der Waals surface area (Å²) in [6, 6.07) is 18.7. The van der Waals surface area contributed by atoms with Gasteiger partial charge in [0.1, 0.15) is 11.5 Å². The van der Waals surface area contributed by atoms with Gasteiger partial charge in [-0.25, -0.2) is 4.98 Å². The van der Waals surface area contributed by atoms with E-state index in [9.17, 15) is 4.79 Å². The van der Waals surface area contributed by atoms with Gasteiger partial charge >= 0.3 is 0 Å². The molecule has 4 nitrogen and oxygen atoms in total. The summed E-state index contributed by atoms with van der Waals surface area (Å²) < 4.78 is 5.40. The van der Waals surface area contributed by atoms with Crippen LogP contribution in [0.2, 0.25) is 0 Å². The molecule has 0 radical (unpaired) electrons. The van der Waals surface area contributed by atoms with Crippen LogP contribution < -0.4 is 9.64 Å². The normalized spacial score (nSPS) is 18.9. The molecule has 1 aliphatic heterocycles. The molecule has 1 saturated carbocycles. The smallest absolute Gasteiger partial charge is 0.132 e. The molecule has 1 fully saturated rings. The van der Waals surface area contributed by atoms with Crippen molar-refractivity contribution in [3.63, 3.8) is 0 Å². The van der Waals surface area contributed by atoms with Gasteiger partial charge in [0.05, 0.1) is 24.4 Å². The summed E-state index contributed by atoms with van der Waals surface area (Å²) in [7, 11) is 1.69. The number of ether oxygens (including phenoxy) is 1. The number of nitrogens with zero attached hydrogens (tertiary/aromatic N) is 2. The molecule has 1 aromatic heterocycles. The molecule has 2 heterocycles. The molecule has 32 heavy (non-hydrogen) atoms. The Morgan fingerprint density at radius 3 is 2.53 bits per heavy atom. The van der Waals surface area contributed by atoms with E-state index in [1.807, 2.05) is 24.3 Å². The summed E-state index contributed by atoms with van der Waals surface area (Å²) in [6.07, 6.45) is 8.95. The van der Waals surface area contributed by atoms with Gasteiger partial charge in [-0.15, -0.1) is 0 Å². The molecule has 0 saturated heterocycles. The third-order valence-electron chi connectivity index (χ3n) is 6.87. The monoisotopic (exact) mass is 426 g/mol. The minimum atomic E-state index is -0.0603. The Hall–Kier alpha value is -3.14. The van der Waals surface area contributed by atoms with E-state index in [-0.39, 0.29) is 11.8 Å².